The van der Waals surface area contributed by atoms with Gasteiger partial charge in [-0.1, -0.05) is 42.1 Å². The molecule has 4 heteroatoms. The maximum Gasteiger partial charge on any atom is 0.0595 e. The molecule has 1 aliphatic carbocycles. The van der Waals surface area contributed by atoms with E-state index in [0.717, 1.165) is 17.9 Å². The van der Waals surface area contributed by atoms with Crippen LogP contribution in [0.3, 0.4) is 0 Å². The Bertz CT molecular complexity index is 337. The maximum absolute atomic E-state index is 6.05. The van der Waals surface area contributed by atoms with E-state index >= 15 is 0 Å². The first-order valence-electron chi connectivity index (χ1n) is 4.87. The SMILES string of the molecule is Cl.N[C@@H](CC1CC1)c1ccc(Cl)c(Cl)c1. The van der Waals surface area contributed by atoms with Crippen LogP contribution in [-0.4, -0.2) is 0 Å². The zero-order valence-electron chi connectivity index (χ0n) is 8.25. The number of hydrogen-bond donors (Lipinski definition) is 1. The van der Waals surface area contributed by atoms with Crippen LogP contribution in [0, 0.1) is 5.92 Å². The molecule has 1 fully saturated rings. The van der Waals surface area contributed by atoms with Crippen LogP contribution in [0.25, 0.3) is 0 Å². The summed E-state index contributed by atoms with van der Waals surface area (Å²) in [5, 5.41) is 1.18. The van der Waals surface area contributed by atoms with Crippen LogP contribution in [0.15, 0.2) is 18.2 Å². The van der Waals surface area contributed by atoms with Crippen molar-refractivity contribution in [1.29, 1.82) is 0 Å². The van der Waals surface area contributed by atoms with Gasteiger partial charge in [0.1, 0.15) is 0 Å². The zero-order chi connectivity index (χ0) is 10.1. The van der Waals surface area contributed by atoms with Crippen molar-refractivity contribution >= 4 is 35.6 Å². The van der Waals surface area contributed by atoms with E-state index in [2.05, 4.69) is 0 Å². The van der Waals surface area contributed by atoms with E-state index in [0.29, 0.717) is 10.0 Å². The first-order chi connectivity index (χ1) is 6.66. The molecule has 0 saturated heterocycles. The molecule has 84 valence electrons. The van der Waals surface area contributed by atoms with Crippen LogP contribution in [0.1, 0.15) is 30.9 Å². The molecule has 1 atom stereocenters. The van der Waals surface area contributed by atoms with E-state index in [1.54, 1.807) is 0 Å². The van der Waals surface area contributed by atoms with Crippen molar-refractivity contribution in [1.82, 2.24) is 0 Å². The molecule has 2 rings (SSSR count). The van der Waals surface area contributed by atoms with Gasteiger partial charge >= 0.3 is 0 Å². The number of hydrogen-bond acceptors (Lipinski definition) is 1. The van der Waals surface area contributed by atoms with Crippen LogP contribution >= 0.6 is 35.6 Å². The number of halogens is 3. The Morgan fingerprint density at radius 1 is 1.27 bits per heavy atom. The molecule has 15 heavy (non-hydrogen) atoms. The minimum atomic E-state index is 0. The Morgan fingerprint density at radius 2 is 1.93 bits per heavy atom. The Morgan fingerprint density at radius 3 is 2.47 bits per heavy atom. The fraction of sp³-hybridized carbons (Fsp3) is 0.455. The van der Waals surface area contributed by atoms with Crippen molar-refractivity contribution in [3.63, 3.8) is 0 Å². The molecule has 0 spiro atoms. The third kappa shape index (κ3) is 3.53. The van der Waals surface area contributed by atoms with Gasteiger partial charge in [-0.05, 0) is 30.0 Å². The van der Waals surface area contributed by atoms with Crippen LogP contribution in [0.4, 0.5) is 0 Å². The summed E-state index contributed by atoms with van der Waals surface area (Å²) in [6.45, 7) is 0. The predicted octanol–water partition coefficient (Wildman–Crippen LogP) is 4.22. The van der Waals surface area contributed by atoms with Gasteiger partial charge in [0.2, 0.25) is 0 Å². The summed E-state index contributed by atoms with van der Waals surface area (Å²) in [5.74, 6) is 0.833. The summed E-state index contributed by atoms with van der Waals surface area (Å²) in [5.41, 5.74) is 7.14. The fourth-order valence-electron chi connectivity index (χ4n) is 1.59. The van der Waals surface area contributed by atoms with Gasteiger partial charge < -0.3 is 5.73 Å². The van der Waals surface area contributed by atoms with Crippen LogP contribution in [-0.2, 0) is 0 Å². The fourth-order valence-corrected chi connectivity index (χ4v) is 1.90. The van der Waals surface area contributed by atoms with Crippen LogP contribution < -0.4 is 5.73 Å². The molecule has 1 aromatic carbocycles. The lowest BCUT2D eigenvalue weighted by Crippen LogP contribution is -2.10. The normalized spacial score (nSPS) is 17.0. The highest BCUT2D eigenvalue weighted by Gasteiger charge is 2.24. The first-order valence-corrected chi connectivity index (χ1v) is 5.63. The van der Waals surface area contributed by atoms with Gasteiger partial charge in [-0.15, -0.1) is 12.4 Å². The lowest BCUT2D eigenvalue weighted by molar-refractivity contribution is 0.597. The lowest BCUT2D eigenvalue weighted by Gasteiger charge is -2.11. The smallest absolute Gasteiger partial charge is 0.0595 e. The Kier molecular flexibility index (Phi) is 4.72. The summed E-state index contributed by atoms with van der Waals surface area (Å²) < 4.78 is 0. The van der Waals surface area contributed by atoms with E-state index in [9.17, 15) is 0 Å². The molecule has 1 aromatic rings. The third-order valence-corrected chi connectivity index (χ3v) is 3.40. The number of rotatable bonds is 3. The molecule has 0 unspecified atom stereocenters. The van der Waals surface area contributed by atoms with Crippen molar-refractivity contribution in [3.05, 3.63) is 33.8 Å². The summed E-state index contributed by atoms with van der Waals surface area (Å²) >= 11 is 11.8. The summed E-state index contributed by atoms with van der Waals surface area (Å²) in [4.78, 5) is 0. The van der Waals surface area contributed by atoms with Gasteiger partial charge in [-0.2, -0.15) is 0 Å². The summed E-state index contributed by atoms with van der Waals surface area (Å²) in [7, 11) is 0. The summed E-state index contributed by atoms with van der Waals surface area (Å²) in [6, 6.07) is 5.75. The van der Waals surface area contributed by atoms with Gasteiger partial charge in [0.05, 0.1) is 10.0 Å². The average Bonchev–Trinajstić information content (AvgIpc) is 2.93. The van der Waals surface area contributed by atoms with Gasteiger partial charge in [0, 0.05) is 6.04 Å². The highest BCUT2D eigenvalue weighted by atomic mass is 35.5. The van der Waals surface area contributed by atoms with Crippen LogP contribution in [0.2, 0.25) is 10.0 Å². The number of benzene rings is 1. The highest BCUT2D eigenvalue weighted by Crippen LogP contribution is 2.37. The molecule has 0 amide bonds. The van der Waals surface area contributed by atoms with Crippen molar-refractivity contribution in [3.8, 4) is 0 Å². The molecule has 1 nitrogen and oxygen atoms in total. The largest absolute Gasteiger partial charge is 0.324 e. The molecular formula is C11H14Cl3N. The average molecular weight is 267 g/mol. The molecule has 1 aliphatic rings. The van der Waals surface area contributed by atoms with Gasteiger partial charge in [0.15, 0.2) is 0 Å². The molecule has 1 saturated carbocycles. The predicted molar refractivity (Wildman–Crippen MR) is 68.0 cm³/mol. The zero-order valence-corrected chi connectivity index (χ0v) is 10.6. The molecular weight excluding hydrogens is 252 g/mol. The van der Waals surface area contributed by atoms with Crippen molar-refractivity contribution < 1.29 is 0 Å². The Hall–Kier alpha value is 0.0500. The van der Waals surface area contributed by atoms with Crippen molar-refractivity contribution in [2.75, 3.05) is 0 Å². The Labute approximate surface area is 106 Å². The minimum Gasteiger partial charge on any atom is -0.324 e. The van der Waals surface area contributed by atoms with Gasteiger partial charge in [0.25, 0.3) is 0 Å². The Balaban J connectivity index is 0.00000112. The molecule has 0 radical (unpaired) electrons. The second-order valence-corrected chi connectivity index (χ2v) is 4.77. The summed E-state index contributed by atoms with van der Waals surface area (Å²) in [6.07, 6.45) is 3.72. The highest BCUT2D eigenvalue weighted by molar-refractivity contribution is 6.42. The topological polar surface area (TPSA) is 26.0 Å². The molecule has 0 aliphatic heterocycles. The molecule has 2 N–H and O–H groups in total. The standard InChI is InChI=1S/C11H13Cl2N.ClH/c12-9-4-3-8(6-10(9)13)11(14)5-7-1-2-7;/h3-4,6-7,11H,1-2,5,14H2;1H/t11-;/m0./s1. The molecule has 0 heterocycles. The molecule has 0 aromatic heterocycles. The third-order valence-electron chi connectivity index (χ3n) is 2.66. The van der Waals surface area contributed by atoms with E-state index < -0.39 is 0 Å². The van der Waals surface area contributed by atoms with E-state index in [1.165, 1.54) is 12.8 Å². The van der Waals surface area contributed by atoms with Gasteiger partial charge in [-0.25, -0.2) is 0 Å². The second-order valence-electron chi connectivity index (χ2n) is 3.96. The maximum atomic E-state index is 6.05. The van der Waals surface area contributed by atoms with E-state index in [-0.39, 0.29) is 18.4 Å². The first kappa shape index (κ1) is 13.1. The minimum absolute atomic E-state index is 0. The van der Waals surface area contributed by atoms with Crippen LogP contribution in [0.5, 0.6) is 0 Å². The second kappa shape index (κ2) is 5.40. The lowest BCUT2D eigenvalue weighted by atomic mass is 10.0. The van der Waals surface area contributed by atoms with Crippen molar-refractivity contribution in [2.24, 2.45) is 11.7 Å². The monoisotopic (exact) mass is 265 g/mol. The van der Waals surface area contributed by atoms with E-state index in [4.69, 9.17) is 28.9 Å². The quantitative estimate of drug-likeness (QED) is 0.871. The number of nitrogens with two attached hydrogens (primary N) is 1. The van der Waals surface area contributed by atoms with E-state index in [1.807, 2.05) is 18.2 Å². The van der Waals surface area contributed by atoms with Crippen molar-refractivity contribution in [2.45, 2.75) is 25.3 Å². The van der Waals surface area contributed by atoms with Gasteiger partial charge in [-0.3, -0.25) is 0 Å². The molecule has 0 bridgehead atoms.